The molecule has 1 heterocycles. The minimum absolute atomic E-state index is 0.00891. The van der Waals surface area contributed by atoms with Crippen LogP contribution < -0.4 is 15.2 Å². The number of nitrogens with two attached hydrogens (primary N) is 1. The molecule has 1 aromatic rings. The molecule has 5 nitrogen and oxygen atoms in total. The van der Waals surface area contributed by atoms with Crippen LogP contribution in [-0.4, -0.2) is 24.4 Å². The molecule has 0 saturated heterocycles. The molecular weight excluding hydrogens is 229 g/mol. The summed E-state index contributed by atoms with van der Waals surface area (Å²) >= 11 is 0. The van der Waals surface area contributed by atoms with Crippen LogP contribution in [0.3, 0.4) is 0 Å². The van der Waals surface area contributed by atoms with E-state index in [0.717, 1.165) is 0 Å². The van der Waals surface area contributed by atoms with Crippen LogP contribution in [0.1, 0.15) is 17.0 Å². The van der Waals surface area contributed by atoms with Gasteiger partial charge in [0.15, 0.2) is 11.5 Å². The molecule has 1 aromatic carbocycles. The van der Waals surface area contributed by atoms with E-state index in [1.165, 1.54) is 12.1 Å². The third-order valence-electron chi connectivity index (χ3n) is 2.62. The van der Waals surface area contributed by atoms with E-state index in [2.05, 4.69) is 0 Å². The molecule has 0 saturated carbocycles. The van der Waals surface area contributed by atoms with Crippen molar-refractivity contribution in [2.45, 2.75) is 12.6 Å². The van der Waals surface area contributed by atoms with Crippen LogP contribution in [0, 0.1) is 0 Å². The predicted molar refractivity (Wildman–Crippen MR) is 56.8 cm³/mol. The van der Waals surface area contributed by atoms with E-state index >= 15 is 0 Å². The van der Waals surface area contributed by atoms with Crippen molar-refractivity contribution in [2.24, 2.45) is 5.73 Å². The fraction of sp³-hybridized carbons (Fsp3) is 0.364. The van der Waals surface area contributed by atoms with Gasteiger partial charge in [0.2, 0.25) is 6.79 Å². The molecule has 1 unspecified atom stereocenters. The Morgan fingerprint density at radius 2 is 2.29 bits per heavy atom. The first-order valence-corrected chi connectivity index (χ1v) is 5.08. The van der Waals surface area contributed by atoms with Gasteiger partial charge in [-0.25, -0.2) is 4.39 Å². The Morgan fingerprint density at radius 3 is 2.88 bits per heavy atom. The number of halogens is 1. The third-order valence-corrected chi connectivity index (χ3v) is 2.62. The minimum atomic E-state index is -1.07. The number of carboxylic acid groups (broad SMARTS) is 1. The smallest absolute Gasteiger partial charge is 0.312 e. The van der Waals surface area contributed by atoms with Gasteiger partial charge in [-0.2, -0.15) is 0 Å². The number of ether oxygens (including phenoxy) is 2. The molecule has 6 heteroatoms. The van der Waals surface area contributed by atoms with E-state index in [-0.39, 0.29) is 13.3 Å². The number of hydrogen-bond acceptors (Lipinski definition) is 4. The van der Waals surface area contributed by atoms with Gasteiger partial charge < -0.3 is 20.3 Å². The molecule has 92 valence electrons. The number of rotatable bonds is 4. The van der Waals surface area contributed by atoms with Crippen molar-refractivity contribution in [2.75, 3.05) is 13.3 Å². The van der Waals surface area contributed by atoms with Crippen molar-refractivity contribution < 1.29 is 23.8 Å². The minimum Gasteiger partial charge on any atom is -0.481 e. The fourth-order valence-electron chi connectivity index (χ4n) is 1.79. The molecule has 3 N–H and O–H groups in total. The van der Waals surface area contributed by atoms with Crippen LogP contribution >= 0.6 is 0 Å². The number of carboxylic acids is 1. The molecular formula is C11H12FNO4. The monoisotopic (exact) mass is 241 g/mol. The van der Waals surface area contributed by atoms with Crippen LogP contribution in [0.2, 0.25) is 0 Å². The second-order valence-electron chi connectivity index (χ2n) is 3.68. The summed E-state index contributed by atoms with van der Waals surface area (Å²) in [6.07, 6.45) is 0. The fourth-order valence-corrected chi connectivity index (χ4v) is 1.79. The average Bonchev–Trinajstić information content (AvgIpc) is 2.77. The lowest BCUT2D eigenvalue weighted by Crippen LogP contribution is -2.21. The van der Waals surface area contributed by atoms with E-state index in [4.69, 9.17) is 20.3 Å². The number of carbonyl (C=O) groups is 1. The number of alkyl halides is 1. The van der Waals surface area contributed by atoms with Gasteiger partial charge in [0.1, 0.15) is 6.67 Å². The average molecular weight is 241 g/mol. The highest BCUT2D eigenvalue weighted by atomic mass is 19.1. The standard InChI is InChI=1S/C11H12FNO4/c12-3-6-1-7(8(4-13)11(14)15)10-9(2-6)16-5-17-10/h1-2,8H,3-5,13H2,(H,14,15). The summed E-state index contributed by atoms with van der Waals surface area (Å²) in [5.41, 5.74) is 6.13. The summed E-state index contributed by atoms with van der Waals surface area (Å²) in [7, 11) is 0. The van der Waals surface area contributed by atoms with Crippen LogP contribution in [0.4, 0.5) is 4.39 Å². The molecule has 1 aliphatic heterocycles. The molecule has 0 fully saturated rings. The van der Waals surface area contributed by atoms with Gasteiger partial charge in [-0.05, 0) is 17.7 Å². The van der Waals surface area contributed by atoms with Gasteiger partial charge in [0.25, 0.3) is 0 Å². The van der Waals surface area contributed by atoms with Crippen LogP contribution in [0.5, 0.6) is 11.5 Å². The van der Waals surface area contributed by atoms with Gasteiger partial charge in [-0.3, -0.25) is 4.79 Å². The van der Waals surface area contributed by atoms with Gasteiger partial charge in [0, 0.05) is 12.1 Å². The maximum absolute atomic E-state index is 12.7. The van der Waals surface area contributed by atoms with E-state index in [1.54, 1.807) is 0 Å². The molecule has 1 aliphatic rings. The van der Waals surface area contributed by atoms with Crippen molar-refractivity contribution in [1.82, 2.24) is 0 Å². The summed E-state index contributed by atoms with van der Waals surface area (Å²) in [6, 6.07) is 2.96. The lowest BCUT2D eigenvalue weighted by Gasteiger charge is -2.13. The largest absolute Gasteiger partial charge is 0.481 e. The molecule has 2 rings (SSSR count). The SMILES string of the molecule is NCC(C(=O)O)c1cc(CF)cc2c1OCO2. The molecule has 0 aliphatic carbocycles. The summed E-state index contributed by atoms with van der Waals surface area (Å²) in [5, 5.41) is 9.05. The van der Waals surface area contributed by atoms with Crippen molar-refractivity contribution in [3.63, 3.8) is 0 Å². The number of aliphatic carboxylic acids is 1. The Balaban J connectivity index is 2.51. The van der Waals surface area contributed by atoms with Gasteiger partial charge in [-0.1, -0.05) is 0 Å². The van der Waals surface area contributed by atoms with Crippen molar-refractivity contribution >= 4 is 5.97 Å². The number of benzene rings is 1. The Hall–Kier alpha value is -1.82. The second kappa shape index (κ2) is 4.58. The predicted octanol–water partition coefficient (Wildman–Crippen LogP) is 1.01. The summed E-state index contributed by atoms with van der Waals surface area (Å²) < 4.78 is 23.0. The zero-order chi connectivity index (χ0) is 12.4. The number of hydrogen-bond donors (Lipinski definition) is 2. The highest BCUT2D eigenvalue weighted by molar-refractivity contribution is 5.78. The molecule has 0 aromatic heterocycles. The van der Waals surface area contributed by atoms with E-state index in [1.807, 2.05) is 0 Å². The normalized spacial score (nSPS) is 14.7. The van der Waals surface area contributed by atoms with Crippen molar-refractivity contribution in [1.29, 1.82) is 0 Å². The van der Waals surface area contributed by atoms with E-state index in [0.29, 0.717) is 22.6 Å². The quantitative estimate of drug-likeness (QED) is 0.822. The molecule has 17 heavy (non-hydrogen) atoms. The Labute approximate surface area is 96.9 Å². The highest BCUT2D eigenvalue weighted by Crippen LogP contribution is 2.40. The first-order valence-electron chi connectivity index (χ1n) is 5.08. The number of fused-ring (bicyclic) bond motifs is 1. The van der Waals surface area contributed by atoms with Crippen molar-refractivity contribution in [3.05, 3.63) is 23.3 Å². The first-order chi connectivity index (χ1) is 8.17. The van der Waals surface area contributed by atoms with Gasteiger partial charge in [-0.15, -0.1) is 0 Å². The van der Waals surface area contributed by atoms with Gasteiger partial charge in [0.05, 0.1) is 5.92 Å². The maximum Gasteiger partial charge on any atom is 0.312 e. The molecule has 1 atom stereocenters. The first kappa shape index (κ1) is 11.7. The molecule has 0 radical (unpaired) electrons. The van der Waals surface area contributed by atoms with E-state index in [9.17, 15) is 9.18 Å². The zero-order valence-corrected chi connectivity index (χ0v) is 8.98. The topological polar surface area (TPSA) is 81.8 Å². The van der Waals surface area contributed by atoms with Gasteiger partial charge >= 0.3 is 5.97 Å². The third kappa shape index (κ3) is 2.03. The lowest BCUT2D eigenvalue weighted by molar-refractivity contribution is -0.138. The Kier molecular flexibility index (Phi) is 3.14. The summed E-state index contributed by atoms with van der Waals surface area (Å²) in [5.74, 6) is -1.27. The molecule has 0 amide bonds. The molecule has 0 spiro atoms. The van der Waals surface area contributed by atoms with Crippen LogP contribution in [-0.2, 0) is 11.5 Å². The summed E-state index contributed by atoms with van der Waals surface area (Å²) in [4.78, 5) is 11.1. The highest BCUT2D eigenvalue weighted by Gasteiger charge is 2.28. The van der Waals surface area contributed by atoms with Crippen molar-refractivity contribution in [3.8, 4) is 11.5 Å². The Bertz CT molecular complexity index is 449. The van der Waals surface area contributed by atoms with Crippen LogP contribution in [0.25, 0.3) is 0 Å². The lowest BCUT2D eigenvalue weighted by atomic mass is 9.96. The second-order valence-corrected chi connectivity index (χ2v) is 3.68. The van der Waals surface area contributed by atoms with E-state index < -0.39 is 18.6 Å². The maximum atomic E-state index is 12.7. The van der Waals surface area contributed by atoms with Crippen LogP contribution in [0.15, 0.2) is 12.1 Å². The summed E-state index contributed by atoms with van der Waals surface area (Å²) in [6.45, 7) is -0.767. The molecule has 0 bridgehead atoms. The Morgan fingerprint density at radius 1 is 1.53 bits per heavy atom. The zero-order valence-electron chi connectivity index (χ0n) is 8.98.